The number of nitrogens with zero attached hydrogens (tertiary/aromatic N) is 2. The Morgan fingerprint density at radius 2 is 1.92 bits per heavy atom. The number of likely N-dealkylation sites (N-methyl/N-ethyl adjacent to an activating group) is 1. The van der Waals surface area contributed by atoms with Gasteiger partial charge in [-0.05, 0) is 30.9 Å². The van der Waals surface area contributed by atoms with E-state index in [9.17, 15) is 4.79 Å². The van der Waals surface area contributed by atoms with Crippen molar-refractivity contribution in [2.75, 3.05) is 39.4 Å². The summed E-state index contributed by atoms with van der Waals surface area (Å²) in [5.74, 6) is 3.07. The number of hydrogen-bond donors (Lipinski definition) is 0. The standard InChI is InChI=1S/C20H30N2O3/c1-4-21(14-19(23)22-11-15(2)10-16(3)12-22)13-17-6-5-7-18-20(17)25-9-8-24-18/h5-7,15-16H,4,8-14H2,1-3H3. The number of rotatable bonds is 5. The third-order valence-electron chi connectivity index (χ3n) is 5.07. The second-order valence-electron chi connectivity index (χ2n) is 7.49. The van der Waals surface area contributed by atoms with Crippen LogP contribution in [0.25, 0.3) is 0 Å². The van der Waals surface area contributed by atoms with Crippen LogP contribution in [-0.4, -0.2) is 55.1 Å². The average molecular weight is 346 g/mol. The van der Waals surface area contributed by atoms with E-state index in [0.717, 1.165) is 36.7 Å². The van der Waals surface area contributed by atoms with Gasteiger partial charge < -0.3 is 14.4 Å². The molecule has 0 aromatic heterocycles. The predicted octanol–water partition coefficient (Wildman–Crippen LogP) is 2.78. The van der Waals surface area contributed by atoms with Crippen LogP contribution in [-0.2, 0) is 11.3 Å². The molecule has 2 aliphatic rings. The van der Waals surface area contributed by atoms with E-state index in [-0.39, 0.29) is 5.91 Å². The molecule has 1 aromatic carbocycles. The third kappa shape index (κ3) is 4.46. The smallest absolute Gasteiger partial charge is 0.236 e. The molecule has 5 heteroatoms. The highest BCUT2D eigenvalue weighted by Crippen LogP contribution is 2.34. The molecule has 0 saturated carbocycles. The molecule has 2 aliphatic heterocycles. The van der Waals surface area contributed by atoms with E-state index >= 15 is 0 Å². The van der Waals surface area contributed by atoms with E-state index in [0.29, 0.717) is 38.1 Å². The molecule has 0 spiro atoms. The molecule has 2 atom stereocenters. The van der Waals surface area contributed by atoms with E-state index in [2.05, 4.69) is 31.7 Å². The van der Waals surface area contributed by atoms with Crippen LogP contribution in [0.5, 0.6) is 11.5 Å². The van der Waals surface area contributed by atoms with Crippen molar-refractivity contribution in [3.63, 3.8) is 0 Å². The number of ether oxygens (including phenoxy) is 2. The summed E-state index contributed by atoms with van der Waals surface area (Å²) in [4.78, 5) is 17.0. The molecule has 5 nitrogen and oxygen atoms in total. The summed E-state index contributed by atoms with van der Waals surface area (Å²) in [5.41, 5.74) is 1.09. The van der Waals surface area contributed by atoms with Crippen LogP contribution in [0.4, 0.5) is 0 Å². The van der Waals surface area contributed by atoms with Crippen LogP contribution in [0.3, 0.4) is 0 Å². The topological polar surface area (TPSA) is 42.0 Å². The molecule has 138 valence electrons. The number of para-hydroxylation sites is 1. The minimum absolute atomic E-state index is 0.238. The van der Waals surface area contributed by atoms with Gasteiger partial charge in [0.05, 0.1) is 6.54 Å². The Bertz CT molecular complexity index is 595. The van der Waals surface area contributed by atoms with Gasteiger partial charge in [0.2, 0.25) is 5.91 Å². The van der Waals surface area contributed by atoms with Crippen LogP contribution in [0.1, 0.15) is 32.8 Å². The lowest BCUT2D eigenvalue weighted by Gasteiger charge is -2.36. The lowest BCUT2D eigenvalue weighted by molar-refractivity contribution is -0.135. The zero-order valence-electron chi connectivity index (χ0n) is 15.7. The molecule has 0 radical (unpaired) electrons. The number of amides is 1. The largest absolute Gasteiger partial charge is 0.486 e. The van der Waals surface area contributed by atoms with Crippen molar-refractivity contribution in [3.05, 3.63) is 23.8 Å². The Hall–Kier alpha value is -1.75. The summed E-state index contributed by atoms with van der Waals surface area (Å²) in [5, 5.41) is 0. The summed E-state index contributed by atoms with van der Waals surface area (Å²) >= 11 is 0. The number of likely N-dealkylation sites (tertiary alicyclic amines) is 1. The second kappa shape index (κ2) is 8.09. The monoisotopic (exact) mass is 346 g/mol. The minimum atomic E-state index is 0.238. The molecule has 0 N–H and O–H groups in total. The van der Waals surface area contributed by atoms with Crippen molar-refractivity contribution >= 4 is 5.91 Å². The van der Waals surface area contributed by atoms with Gasteiger partial charge in [0, 0.05) is 25.2 Å². The number of carbonyl (C=O) groups is 1. The maximum atomic E-state index is 12.8. The van der Waals surface area contributed by atoms with Gasteiger partial charge in [-0.2, -0.15) is 0 Å². The molecular formula is C20H30N2O3. The first-order valence-electron chi connectivity index (χ1n) is 9.44. The Kier molecular flexibility index (Phi) is 5.84. The summed E-state index contributed by atoms with van der Waals surface area (Å²) in [6.45, 7) is 11.5. The third-order valence-corrected chi connectivity index (χ3v) is 5.07. The summed E-state index contributed by atoms with van der Waals surface area (Å²) in [6.07, 6.45) is 1.22. The highest BCUT2D eigenvalue weighted by Gasteiger charge is 2.26. The summed E-state index contributed by atoms with van der Waals surface area (Å²) in [7, 11) is 0. The van der Waals surface area contributed by atoms with Crippen LogP contribution in [0.2, 0.25) is 0 Å². The molecular weight excluding hydrogens is 316 g/mol. The molecule has 1 amide bonds. The molecule has 3 rings (SSSR count). The zero-order valence-corrected chi connectivity index (χ0v) is 15.7. The number of hydrogen-bond acceptors (Lipinski definition) is 4. The molecule has 1 aromatic rings. The molecule has 0 bridgehead atoms. The minimum Gasteiger partial charge on any atom is -0.486 e. The molecule has 1 saturated heterocycles. The first-order chi connectivity index (χ1) is 12.1. The van der Waals surface area contributed by atoms with Gasteiger partial charge in [-0.15, -0.1) is 0 Å². The average Bonchev–Trinajstić information content (AvgIpc) is 2.60. The first-order valence-corrected chi connectivity index (χ1v) is 9.44. The lowest BCUT2D eigenvalue weighted by atomic mass is 9.92. The predicted molar refractivity (Wildman–Crippen MR) is 97.9 cm³/mol. The van der Waals surface area contributed by atoms with Crippen LogP contribution >= 0.6 is 0 Å². The number of fused-ring (bicyclic) bond motifs is 1. The highest BCUT2D eigenvalue weighted by molar-refractivity contribution is 5.78. The van der Waals surface area contributed by atoms with Crippen LogP contribution < -0.4 is 9.47 Å². The van der Waals surface area contributed by atoms with Gasteiger partial charge in [-0.3, -0.25) is 9.69 Å². The van der Waals surface area contributed by atoms with E-state index in [1.807, 2.05) is 17.0 Å². The lowest BCUT2D eigenvalue weighted by Crippen LogP contribution is -2.46. The zero-order chi connectivity index (χ0) is 17.8. The molecule has 1 fully saturated rings. The van der Waals surface area contributed by atoms with Gasteiger partial charge in [0.1, 0.15) is 13.2 Å². The number of carbonyl (C=O) groups excluding carboxylic acids is 1. The summed E-state index contributed by atoms with van der Waals surface area (Å²) < 4.78 is 11.5. The normalized spacial score (nSPS) is 23.0. The van der Waals surface area contributed by atoms with Crippen LogP contribution in [0, 0.1) is 11.8 Å². The van der Waals surface area contributed by atoms with Gasteiger partial charge in [-0.1, -0.05) is 32.9 Å². The van der Waals surface area contributed by atoms with E-state index in [1.165, 1.54) is 6.42 Å². The van der Waals surface area contributed by atoms with E-state index in [1.54, 1.807) is 0 Å². The Balaban J connectivity index is 1.64. The SMILES string of the molecule is CCN(CC(=O)N1CC(C)CC(C)C1)Cc1cccc2c1OCCO2. The van der Waals surface area contributed by atoms with Crippen molar-refractivity contribution in [3.8, 4) is 11.5 Å². The Morgan fingerprint density at radius 3 is 2.64 bits per heavy atom. The van der Waals surface area contributed by atoms with Gasteiger partial charge in [0.15, 0.2) is 11.5 Å². The molecule has 0 aliphatic carbocycles. The van der Waals surface area contributed by atoms with Gasteiger partial charge in [0.25, 0.3) is 0 Å². The molecule has 2 heterocycles. The highest BCUT2D eigenvalue weighted by atomic mass is 16.6. The quantitative estimate of drug-likeness (QED) is 0.822. The van der Waals surface area contributed by atoms with Crippen molar-refractivity contribution in [1.29, 1.82) is 0 Å². The second-order valence-corrected chi connectivity index (χ2v) is 7.49. The fourth-order valence-corrected chi connectivity index (χ4v) is 3.94. The molecule has 25 heavy (non-hydrogen) atoms. The fourth-order valence-electron chi connectivity index (χ4n) is 3.94. The van der Waals surface area contributed by atoms with Gasteiger partial charge in [-0.25, -0.2) is 0 Å². The van der Waals surface area contributed by atoms with Crippen molar-refractivity contribution in [1.82, 2.24) is 9.80 Å². The van der Waals surface area contributed by atoms with Gasteiger partial charge >= 0.3 is 0 Å². The maximum absolute atomic E-state index is 12.8. The molecule has 2 unspecified atom stereocenters. The van der Waals surface area contributed by atoms with Crippen molar-refractivity contribution in [2.24, 2.45) is 11.8 Å². The summed E-state index contributed by atoms with van der Waals surface area (Å²) in [6, 6.07) is 5.99. The first kappa shape index (κ1) is 18.1. The number of benzene rings is 1. The Labute approximate surface area is 150 Å². The van der Waals surface area contributed by atoms with Crippen molar-refractivity contribution < 1.29 is 14.3 Å². The number of piperidine rings is 1. The van der Waals surface area contributed by atoms with Crippen molar-refractivity contribution in [2.45, 2.75) is 33.7 Å². The van der Waals surface area contributed by atoms with E-state index < -0.39 is 0 Å². The maximum Gasteiger partial charge on any atom is 0.236 e. The fraction of sp³-hybridized carbons (Fsp3) is 0.650. The van der Waals surface area contributed by atoms with Crippen LogP contribution in [0.15, 0.2) is 18.2 Å². The van der Waals surface area contributed by atoms with E-state index in [4.69, 9.17) is 9.47 Å². The Morgan fingerprint density at radius 1 is 1.20 bits per heavy atom.